The summed E-state index contributed by atoms with van der Waals surface area (Å²) in [5.41, 5.74) is 3.08. The van der Waals surface area contributed by atoms with Gasteiger partial charge in [-0.1, -0.05) is 24.3 Å². The zero-order valence-corrected chi connectivity index (χ0v) is 11.8. The van der Waals surface area contributed by atoms with E-state index < -0.39 is 0 Å². The molecule has 2 rings (SSSR count). The zero-order valence-electron chi connectivity index (χ0n) is 11.8. The molecular weight excluding hydrogens is 248 g/mol. The van der Waals surface area contributed by atoms with E-state index in [2.05, 4.69) is 37.1 Å². The van der Waals surface area contributed by atoms with Crippen LogP contribution in [-0.2, 0) is 0 Å². The number of aryl methyl sites for hydroxylation is 1. The first-order valence-electron chi connectivity index (χ1n) is 6.60. The molecule has 2 aromatic carbocycles. The van der Waals surface area contributed by atoms with E-state index in [1.807, 2.05) is 24.3 Å². The lowest BCUT2D eigenvalue weighted by Crippen LogP contribution is -2.24. The Kier molecular flexibility index (Phi) is 4.62. The van der Waals surface area contributed by atoms with Crippen molar-refractivity contribution in [1.29, 1.82) is 5.26 Å². The minimum Gasteiger partial charge on any atom is -0.492 e. The summed E-state index contributed by atoms with van der Waals surface area (Å²) in [6.45, 7) is 3.48. The fourth-order valence-corrected chi connectivity index (χ4v) is 2.07. The highest BCUT2D eigenvalue weighted by Crippen LogP contribution is 2.18. The van der Waals surface area contributed by atoms with Crippen molar-refractivity contribution in [3.05, 3.63) is 59.7 Å². The van der Waals surface area contributed by atoms with Gasteiger partial charge >= 0.3 is 0 Å². The molecule has 0 unspecified atom stereocenters. The van der Waals surface area contributed by atoms with Crippen molar-refractivity contribution in [1.82, 2.24) is 0 Å². The Bertz CT molecular complexity index is 616. The van der Waals surface area contributed by atoms with E-state index in [1.165, 1.54) is 11.3 Å². The van der Waals surface area contributed by atoms with Crippen LogP contribution in [0.25, 0.3) is 0 Å². The molecule has 0 atom stereocenters. The molecule has 0 fully saturated rings. The first-order valence-corrected chi connectivity index (χ1v) is 6.60. The van der Waals surface area contributed by atoms with Gasteiger partial charge in [0, 0.05) is 12.7 Å². The van der Waals surface area contributed by atoms with Gasteiger partial charge in [-0.15, -0.1) is 0 Å². The number of hydrogen-bond acceptors (Lipinski definition) is 3. The molecule has 0 heterocycles. The average Bonchev–Trinajstić information content (AvgIpc) is 2.48. The molecule has 0 aromatic heterocycles. The van der Waals surface area contributed by atoms with Crippen molar-refractivity contribution in [2.24, 2.45) is 0 Å². The summed E-state index contributed by atoms with van der Waals surface area (Å²) < 4.78 is 5.69. The van der Waals surface area contributed by atoms with Gasteiger partial charge in [-0.25, -0.2) is 0 Å². The summed E-state index contributed by atoms with van der Waals surface area (Å²) in [5.74, 6) is 0.738. The molecule has 0 amide bonds. The van der Waals surface area contributed by atoms with Gasteiger partial charge in [0.2, 0.25) is 0 Å². The van der Waals surface area contributed by atoms with Crippen molar-refractivity contribution in [2.45, 2.75) is 6.92 Å². The lowest BCUT2D eigenvalue weighted by Gasteiger charge is -2.21. The molecule has 0 radical (unpaired) electrons. The Balaban J connectivity index is 1.90. The average molecular weight is 266 g/mol. The number of hydrogen-bond donors (Lipinski definition) is 0. The number of para-hydroxylation sites is 1. The van der Waals surface area contributed by atoms with E-state index in [4.69, 9.17) is 10.00 Å². The lowest BCUT2D eigenvalue weighted by molar-refractivity contribution is 0.326. The topological polar surface area (TPSA) is 36.3 Å². The molecule has 0 aliphatic heterocycles. The third-order valence-corrected chi connectivity index (χ3v) is 3.19. The molecule has 102 valence electrons. The maximum Gasteiger partial charge on any atom is 0.120 e. The maximum atomic E-state index is 8.84. The molecule has 0 saturated heterocycles. The van der Waals surface area contributed by atoms with Crippen LogP contribution in [0.1, 0.15) is 11.1 Å². The Morgan fingerprint density at radius 1 is 1.15 bits per heavy atom. The summed E-state index contributed by atoms with van der Waals surface area (Å²) in [5, 5.41) is 8.84. The van der Waals surface area contributed by atoms with Crippen LogP contribution in [0, 0.1) is 18.3 Å². The van der Waals surface area contributed by atoms with Crippen LogP contribution in [0.4, 0.5) is 5.69 Å². The van der Waals surface area contributed by atoms with E-state index in [0.717, 1.165) is 12.3 Å². The van der Waals surface area contributed by atoms with Crippen molar-refractivity contribution in [3.8, 4) is 11.8 Å². The third kappa shape index (κ3) is 3.52. The summed E-state index contributed by atoms with van der Waals surface area (Å²) in [4.78, 5) is 2.17. The molecule has 0 spiro atoms. The van der Waals surface area contributed by atoms with Gasteiger partial charge in [-0.05, 0) is 36.8 Å². The van der Waals surface area contributed by atoms with Crippen LogP contribution >= 0.6 is 0 Å². The normalized spacial score (nSPS) is 9.85. The molecule has 0 aliphatic carbocycles. The standard InChI is InChI=1S/C17H18N2O/c1-14-6-3-4-9-17(14)19(2)10-11-20-16-8-5-7-15(12-16)13-18/h3-9,12H,10-11H2,1-2H3. The van der Waals surface area contributed by atoms with E-state index >= 15 is 0 Å². The second-order valence-electron chi connectivity index (χ2n) is 4.70. The van der Waals surface area contributed by atoms with Crippen molar-refractivity contribution >= 4 is 5.69 Å². The molecule has 2 aromatic rings. The highest BCUT2D eigenvalue weighted by Gasteiger charge is 2.04. The van der Waals surface area contributed by atoms with Crippen molar-refractivity contribution in [3.63, 3.8) is 0 Å². The molecular formula is C17H18N2O. The molecule has 0 bridgehead atoms. The predicted molar refractivity (Wildman–Crippen MR) is 81.1 cm³/mol. The van der Waals surface area contributed by atoms with Crippen LogP contribution in [0.2, 0.25) is 0 Å². The van der Waals surface area contributed by atoms with Gasteiger partial charge in [0.15, 0.2) is 0 Å². The second kappa shape index (κ2) is 6.63. The number of ether oxygens (including phenoxy) is 1. The van der Waals surface area contributed by atoms with E-state index in [1.54, 1.807) is 12.1 Å². The van der Waals surface area contributed by atoms with Crippen molar-refractivity contribution < 1.29 is 4.74 Å². The number of benzene rings is 2. The number of nitriles is 1. The number of anilines is 1. The van der Waals surface area contributed by atoms with Gasteiger partial charge in [0.25, 0.3) is 0 Å². The van der Waals surface area contributed by atoms with Gasteiger partial charge in [0.1, 0.15) is 12.4 Å². The SMILES string of the molecule is Cc1ccccc1N(C)CCOc1cccc(C#N)c1. The summed E-state index contributed by atoms with van der Waals surface area (Å²) in [7, 11) is 2.05. The largest absolute Gasteiger partial charge is 0.492 e. The molecule has 0 N–H and O–H groups in total. The van der Waals surface area contributed by atoms with Crippen LogP contribution < -0.4 is 9.64 Å². The minimum atomic E-state index is 0.583. The zero-order chi connectivity index (χ0) is 14.4. The molecule has 0 aliphatic rings. The fraction of sp³-hybridized carbons (Fsp3) is 0.235. The molecule has 20 heavy (non-hydrogen) atoms. The lowest BCUT2D eigenvalue weighted by atomic mass is 10.2. The predicted octanol–water partition coefficient (Wildman–Crippen LogP) is 3.38. The Hall–Kier alpha value is -2.47. The smallest absolute Gasteiger partial charge is 0.120 e. The second-order valence-corrected chi connectivity index (χ2v) is 4.70. The van der Waals surface area contributed by atoms with Crippen LogP contribution in [0.15, 0.2) is 48.5 Å². The Morgan fingerprint density at radius 3 is 2.70 bits per heavy atom. The summed E-state index contributed by atoms with van der Waals surface area (Å²) >= 11 is 0. The fourth-order valence-electron chi connectivity index (χ4n) is 2.07. The van der Waals surface area contributed by atoms with Crippen molar-refractivity contribution in [2.75, 3.05) is 25.1 Å². The van der Waals surface area contributed by atoms with Crippen LogP contribution in [0.5, 0.6) is 5.75 Å². The highest BCUT2D eigenvalue weighted by atomic mass is 16.5. The summed E-state index contributed by atoms with van der Waals surface area (Å²) in [6.07, 6.45) is 0. The quantitative estimate of drug-likeness (QED) is 0.832. The van der Waals surface area contributed by atoms with Gasteiger partial charge < -0.3 is 9.64 Å². The van der Waals surface area contributed by atoms with E-state index in [9.17, 15) is 0 Å². The number of likely N-dealkylation sites (N-methyl/N-ethyl adjacent to an activating group) is 1. The molecule has 0 saturated carbocycles. The monoisotopic (exact) mass is 266 g/mol. The summed E-state index contributed by atoms with van der Waals surface area (Å²) in [6, 6.07) is 17.6. The highest BCUT2D eigenvalue weighted by molar-refractivity contribution is 5.52. The first-order chi connectivity index (χ1) is 9.70. The minimum absolute atomic E-state index is 0.583. The number of nitrogens with zero attached hydrogens (tertiary/aromatic N) is 2. The Morgan fingerprint density at radius 2 is 1.95 bits per heavy atom. The van der Waals surface area contributed by atoms with E-state index in [0.29, 0.717) is 12.2 Å². The first kappa shape index (κ1) is 14.0. The van der Waals surface area contributed by atoms with Crippen LogP contribution in [-0.4, -0.2) is 20.2 Å². The third-order valence-electron chi connectivity index (χ3n) is 3.19. The Labute approximate surface area is 120 Å². The van der Waals surface area contributed by atoms with Gasteiger partial charge in [-0.3, -0.25) is 0 Å². The number of rotatable bonds is 5. The van der Waals surface area contributed by atoms with Crippen LogP contribution in [0.3, 0.4) is 0 Å². The van der Waals surface area contributed by atoms with Gasteiger partial charge in [0.05, 0.1) is 18.2 Å². The van der Waals surface area contributed by atoms with E-state index in [-0.39, 0.29) is 0 Å². The maximum absolute atomic E-state index is 8.84. The molecule has 3 heteroatoms. The van der Waals surface area contributed by atoms with Gasteiger partial charge in [-0.2, -0.15) is 5.26 Å². The molecule has 3 nitrogen and oxygen atoms in total.